The maximum atomic E-state index is 12.3. The van der Waals surface area contributed by atoms with E-state index in [2.05, 4.69) is 5.32 Å². The van der Waals surface area contributed by atoms with Gasteiger partial charge in [0.25, 0.3) is 5.91 Å². The molecular formula is C22H16N2O5. The minimum atomic E-state index is -1.03. The van der Waals surface area contributed by atoms with Crippen molar-refractivity contribution >= 4 is 23.6 Å². The first-order valence-electron chi connectivity index (χ1n) is 8.54. The van der Waals surface area contributed by atoms with Gasteiger partial charge in [-0.25, -0.2) is 4.79 Å². The molecule has 0 fully saturated rings. The Kier molecular flexibility index (Phi) is 5.47. The van der Waals surface area contributed by atoms with E-state index in [1.165, 1.54) is 36.4 Å². The van der Waals surface area contributed by atoms with E-state index in [1.807, 2.05) is 6.07 Å². The van der Waals surface area contributed by atoms with Gasteiger partial charge in [-0.15, -0.1) is 0 Å². The summed E-state index contributed by atoms with van der Waals surface area (Å²) in [6.45, 7) is 1.68. The lowest BCUT2D eigenvalue weighted by molar-refractivity contribution is -0.112. The number of hydrogen-bond donors (Lipinski definition) is 3. The number of anilines is 1. The third-order valence-electron chi connectivity index (χ3n) is 4.23. The number of rotatable bonds is 5. The first kappa shape index (κ1) is 19.5. The highest BCUT2D eigenvalue weighted by atomic mass is 16.4. The molecule has 0 bridgehead atoms. The molecule has 0 spiro atoms. The van der Waals surface area contributed by atoms with Crippen molar-refractivity contribution in [1.29, 1.82) is 5.26 Å². The van der Waals surface area contributed by atoms with E-state index in [1.54, 1.807) is 31.2 Å². The van der Waals surface area contributed by atoms with E-state index in [-0.39, 0.29) is 22.6 Å². The highest BCUT2D eigenvalue weighted by Crippen LogP contribution is 2.28. The molecule has 1 amide bonds. The molecule has 1 heterocycles. The zero-order chi connectivity index (χ0) is 21.0. The van der Waals surface area contributed by atoms with Gasteiger partial charge >= 0.3 is 5.97 Å². The summed E-state index contributed by atoms with van der Waals surface area (Å²) in [7, 11) is 0. The third-order valence-corrected chi connectivity index (χ3v) is 4.23. The lowest BCUT2D eigenvalue weighted by Crippen LogP contribution is -2.13. The van der Waals surface area contributed by atoms with Crippen molar-refractivity contribution in [3.05, 3.63) is 77.1 Å². The monoisotopic (exact) mass is 388 g/mol. The summed E-state index contributed by atoms with van der Waals surface area (Å²) in [5.74, 6) is -0.899. The average Bonchev–Trinajstić information content (AvgIpc) is 3.16. The van der Waals surface area contributed by atoms with Crippen LogP contribution in [0.15, 0.2) is 64.6 Å². The second-order valence-corrected chi connectivity index (χ2v) is 6.16. The molecule has 3 aromatic rings. The Morgan fingerprint density at radius 3 is 2.48 bits per heavy atom. The van der Waals surface area contributed by atoms with Crippen molar-refractivity contribution in [1.82, 2.24) is 0 Å². The smallest absolute Gasteiger partial charge is 0.335 e. The summed E-state index contributed by atoms with van der Waals surface area (Å²) >= 11 is 0. The van der Waals surface area contributed by atoms with E-state index < -0.39 is 11.9 Å². The van der Waals surface area contributed by atoms with Crippen LogP contribution < -0.4 is 5.32 Å². The molecule has 0 aliphatic rings. The van der Waals surface area contributed by atoms with Gasteiger partial charge in [-0.05, 0) is 55.0 Å². The van der Waals surface area contributed by atoms with E-state index in [0.717, 1.165) is 0 Å². The van der Waals surface area contributed by atoms with E-state index in [0.29, 0.717) is 22.6 Å². The number of aromatic carboxylic acids is 1. The predicted octanol–water partition coefficient (Wildman–Crippen LogP) is 4.20. The van der Waals surface area contributed by atoms with Crippen LogP contribution in [-0.4, -0.2) is 22.1 Å². The largest absolute Gasteiger partial charge is 0.508 e. The highest BCUT2D eigenvalue weighted by molar-refractivity contribution is 6.09. The Hall–Kier alpha value is -4.31. The first-order chi connectivity index (χ1) is 13.9. The number of phenols is 1. The van der Waals surface area contributed by atoms with Crippen molar-refractivity contribution in [3.63, 3.8) is 0 Å². The molecule has 3 rings (SSSR count). The second-order valence-electron chi connectivity index (χ2n) is 6.16. The van der Waals surface area contributed by atoms with Gasteiger partial charge in [-0.2, -0.15) is 5.26 Å². The summed E-state index contributed by atoms with van der Waals surface area (Å²) in [4.78, 5) is 23.6. The third kappa shape index (κ3) is 4.34. The number of hydrogen-bond acceptors (Lipinski definition) is 5. The van der Waals surface area contributed by atoms with Crippen molar-refractivity contribution in [2.75, 3.05) is 5.32 Å². The summed E-state index contributed by atoms with van der Waals surface area (Å²) in [6, 6.07) is 15.8. The highest BCUT2D eigenvalue weighted by Gasteiger charge is 2.15. The standard InChI is InChI=1S/C22H16N2O5/c1-13-18(3-2-4-19(13)22(27)28)20-10-9-17(29-20)11-14(12-23)21(26)24-15-5-7-16(25)8-6-15/h2-11,25H,1H3,(H,24,26)(H,27,28)/b14-11-. The molecule has 0 saturated carbocycles. The molecule has 0 radical (unpaired) electrons. The van der Waals surface area contributed by atoms with E-state index in [4.69, 9.17) is 4.42 Å². The number of benzene rings is 2. The fourth-order valence-electron chi connectivity index (χ4n) is 2.74. The summed E-state index contributed by atoms with van der Waals surface area (Å²) < 4.78 is 5.70. The number of nitriles is 1. The molecular weight excluding hydrogens is 372 g/mol. The topological polar surface area (TPSA) is 124 Å². The number of carbonyl (C=O) groups excluding carboxylic acids is 1. The maximum Gasteiger partial charge on any atom is 0.335 e. The predicted molar refractivity (Wildman–Crippen MR) is 106 cm³/mol. The Labute approximate surface area is 166 Å². The number of carbonyl (C=O) groups is 2. The van der Waals surface area contributed by atoms with Crippen LogP contribution in [0, 0.1) is 18.3 Å². The van der Waals surface area contributed by atoms with Gasteiger partial charge in [0.1, 0.15) is 28.9 Å². The quantitative estimate of drug-likeness (QED) is 0.342. The van der Waals surface area contributed by atoms with Gasteiger partial charge in [0, 0.05) is 17.3 Å². The molecule has 0 unspecified atom stereocenters. The lowest BCUT2D eigenvalue weighted by atomic mass is 10.0. The number of aromatic hydroxyl groups is 1. The van der Waals surface area contributed by atoms with E-state index in [9.17, 15) is 25.1 Å². The summed E-state index contributed by atoms with van der Waals surface area (Å²) in [5.41, 5.74) is 1.58. The zero-order valence-electron chi connectivity index (χ0n) is 15.3. The van der Waals surface area contributed by atoms with Gasteiger partial charge < -0.3 is 19.9 Å². The molecule has 7 nitrogen and oxygen atoms in total. The molecule has 3 N–H and O–H groups in total. The fourth-order valence-corrected chi connectivity index (χ4v) is 2.74. The van der Waals surface area contributed by atoms with Crippen LogP contribution in [0.2, 0.25) is 0 Å². The average molecular weight is 388 g/mol. The van der Waals surface area contributed by atoms with Gasteiger partial charge in [-0.1, -0.05) is 12.1 Å². The van der Waals surface area contributed by atoms with Gasteiger partial charge in [0.15, 0.2) is 0 Å². The van der Waals surface area contributed by atoms with Gasteiger partial charge in [0.05, 0.1) is 5.56 Å². The number of carboxylic acid groups (broad SMARTS) is 1. The lowest BCUT2D eigenvalue weighted by Gasteiger charge is -2.06. The molecule has 2 aromatic carbocycles. The minimum Gasteiger partial charge on any atom is -0.508 e. The zero-order valence-corrected chi connectivity index (χ0v) is 15.3. The number of phenolic OH excluding ortho intramolecular Hbond substituents is 1. The molecule has 144 valence electrons. The second kappa shape index (κ2) is 8.15. The Morgan fingerprint density at radius 1 is 1.10 bits per heavy atom. The summed E-state index contributed by atoms with van der Waals surface area (Å²) in [6.07, 6.45) is 1.30. The van der Waals surface area contributed by atoms with Crippen LogP contribution in [0.25, 0.3) is 17.4 Å². The fraction of sp³-hybridized carbons (Fsp3) is 0.0455. The number of nitrogens with one attached hydrogen (secondary N) is 1. The molecule has 0 saturated heterocycles. The molecule has 1 aromatic heterocycles. The molecule has 0 atom stereocenters. The Morgan fingerprint density at radius 2 is 1.83 bits per heavy atom. The minimum absolute atomic E-state index is 0.0597. The van der Waals surface area contributed by atoms with Crippen LogP contribution >= 0.6 is 0 Å². The Bertz CT molecular complexity index is 1150. The van der Waals surface area contributed by atoms with Crippen molar-refractivity contribution < 1.29 is 24.2 Å². The number of amides is 1. The normalized spacial score (nSPS) is 11.0. The first-order valence-corrected chi connectivity index (χ1v) is 8.54. The molecule has 29 heavy (non-hydrogen) atoms. The van der Waals surface area contributed by atoms with E-state index >= 15 is 0 Å². The number of furan rings is 1. The molecule has 0 aliphatic carbocycles. The van der Waals surface area contributed by atoms with Crippen molar-refractivity contribution in [3.8, 4) is 23.1 Å². The van der Waals surface area contributed by atoms with Crippen LogP contribution in [0.5, 0.6) is 5.75 Å². The van der Waals surface area contributed by atoms with Crippen LogP contribution in [0.1, 0.15) is 21.7 Å². The van der Waals surface area contributed by atoms with Crippen molar-refractivity contribution in [2.24, 2.45) is 0 Å². The van der Waals surface area contributed by atoms with Crippen LogP contribution in [-0.2, 0) is 4.79 Å². The van der Waals surface area contributed by atoms with Crippen molar-refractivity contribution in [2.45, 2.75) is 6.92 Å². The molecule has 0 aliphatic heterocycles. The number of nitrogens with zero attached hydrogens (tertiary/aromatic N) is 1. The maximum absolute atomic E-state index is 12.3. The van der Waals surface area contributed by atoms with Gasteiger partial charge in [0.2, 0.25) is 0 Å². The SMILES string of the molecule is Cc1c(C(=O)O)cccc1-c1ccc(/C=C(/C#N)C(=O)Nc2ccc(O)cc2)o1. The van der Waals surface area contributed by atoms with Gasteiger partial charge in [-0.3, -0.25) is 4.79 Å². The molecule has 7 heteroatoms. The number of carboxylic acids is 1. The van der Waals surface area contributed by atoms with Crippen LogP contribution in [0.3, 0.4) is 0 Å². The Balaban J connectivity index is 1.85. The summed E-state index contributed by atoms with van der Waals surface area (Å²) in [5, 5.41) is 30.4. The van der Waals surface area contributed by atoms with Crippen LogP contribution in [0.4, 0.5) is 5.69 Å².